The predicted octanol–water partition coefficient (Wildman–Crippen LogP) is 5.32. The zero-order chi connectivity index (χ0) is 18.6. The molecule has 0 atom stereocenters. The van der Waals surface area contributed by atoms with E-state index in [2.05, 4.69) is 47.4 Å². The van der Waals surface area contributed by atoms with Crippen molar-refractivity contribution in [2.45, 2.75) is 19.8 Å². The monoisotopic (exact) mass is 372 g/mol. The number of thiophene rings is 1. The third-order valence-electron chi connectivity index (χ3n) is 4.40. The Labute approximate surface area is 162 Å². The van der Waals surface area contributed by atoms with Crippen LogP contribution in [0.5, 0.6) is 0 Å². The van der Waals surface area contributed by atoms with E-state index in [1.54, 1.807) is 23.7 Å². The van der Waals surface area contributed by atoms with E-state index >= 15 is 0 Å². The summed E-state index contributed by atoms with van der Waals surface area (Å²) in [7, 11) is 0. The molecule has 0 spiro atoms. The van der Waals surface area contributed by atoms with E-state index in [0.717, 1.165) is 47.0 Å². The molecule has 27 heavy (non-hydrogen) atoms. The lowest BCUT2D eigenvalue weighted by Gasteiger charge is -2.07. The van der Waals surface area contributed by atoms with Gasteiger partial charge in [0, 0.05) is 24.5 Å². The lowest BCUT2D eigenvalue weighted by Crippen LogP contribution is -2.04. The molecule has 1 N–H and O–H groups in total. The van der Waals surface area contributed by atoms with E-state index in [9.17, 15) is 0 Å². The van der Waals surface area contributed by atoms with Crippen LogP contribution in [0.1, 0.15) is 25.3 Å². The van der Waals surface area contributed by atoms with E-state index in [-0.39, 0.29) is 0 Å². The summed E-state index contributed by atoms with van der Waals surface area (Å²) in [6, 6.07) is 10.4. The van der Waals surface area contributed by atoms with Gasteiger partial charge in [-0.2, -0.15) is 0 Å². The van der Waals surface area contributed by atoms with E-state index in [1.807, 2.05) is 22.0 Å². The maximum atomic E-state index is 5.59. The van der Waals surface area contributed by atoms with Crippen LogP contribution in [0.2, 0.25) is 0 Å². The number of aromatic nitrogens is 3. The highest BCUT2D eigenvalue weighted by atomic mass is 32.1. The number of unbranched alkanes of at least 4 members (excludes halogenated alkanes) is 1. The molecule has 3 aromatic heterocycles. The second-order valence-corrected chi connectivity index (χ2v) is 7.20. The molecule has 0 saturated heterocycles. The minimum Gasteiger partial charge on any atom is -0.369 e. The molecule has 2 aliphatic carbocycles. The fourth-order valence-electron chi connectivity index (χ4n) is 2.90. The molecule has 0 saturated carbocycles. The maximum absolute atomic E-state index is 5.59. The van der Waals surface area contributed by atoms with Gasteiger partial charge < -0.3 is 5.32 Å². The van der Waals surface area contributed by atoms with Crippen LogP contribution in [0.15, 0.2) is 54.3 Å². The van der Waals surface area contributed by atoms with Crippen molar-refractivity contribution in [3.63, 3.8) is 0 Å². The number of hydrogen-bond acceptors (Lipinski definition) is 4. The SMILES string of the molecule is C#Cc1ccsc1-c1nc2cnccn2c1NCCCC.c1cc2cc-2c1. The third-order valence-corrected chi connectivity index (χ3v) is 5.32. The van der Waals surface area contributed by atoms with Gasteiger partial charge in [0.25, 0.3) is 0 Å². The normalized spacial score (nSPS) is 10.8. The van der Waals surface area contributed by atoms with Gasteiger partial charge in [0.1, 0.15) is 11.5 Å². The molecule has 0 bridgehead atoms. The third kappa shape index (κ3) is 3.57. The van der Waals surface area contributed by atoms with Crippen molar-refractivity contribution in [1.82, 2.24) is 14.4 Å². The van der Waals surface area contributed by atoms with Crippen molar-refractivity contribution in [3.05, 3.63) is 59.9 Å². The summed E-state index contributed by atoms with van der Waals surface area (Å²) < 4.78 is 2.03. The fourth-order valence-corrected chi connectivity index (χ4v) is 3.75. The highest BCUT2D eigenvalue weighted by molar-refractivity contribution is 7.13. The summed E-state index contributed by atoms with van der Waals surface area (Å²) in [5.74, 6) is 3.72. The van der Waals surface area contributed by atoms with Crippen LogP contribution < -0.4 is 5.32 Å². The van der Waals surface area contributed by atoms with Crippen LogP contribution in [0, 0.1) is 12.3 Å². The van der Waals surface area contributed by atoms with Crippen molar-refractivity contribution < 1.29 is 0 Å². The maximum Gasteiger partial charge on any atom is 0.157 e. The van der Waals surface area contributed by atoms with E-state index in [0.29, 0.717) is 0 Å². The van der Waals surface area contributed by atoms with Crippen LogP contribution in [0.3, 0.4) is 0 Å². The molecule has 0 aromatic carbocycles. The molecule has 0 aliphatic heterocycles. The zero-order valence-electron chi connectivity index (χ0n) is 15.1. The molecule has 134 valence electrons. The van der Waals surface area contributed by atoms with Gasteiger partial charge in [0.05, 0.1) is 11.1 Å². The van der Waals surface area contributed by atoms with Crippen LogP contribution >= 0.6 is 11.3 Å². The first kappa shape index (κ1) is 17.3. The first-order valence-corrected chi connectivity index (χ1v) is 9.90. The van der Waals surface area contributed by atoms with Gasteiger partial charge in [0.2, 0.25) is 0 Å². The molecular weight excluding hydrogens is 352 g/mol. The van der Waals surface area contributed by atoms with Crippen molar-refractivity contribution in [3.8, 4) is 34.0 Å². The Morgan fingerprint density at radius 2 is 2.11 bits per heavy atom. The molecule has 5 rings (SSSR count). The van der Waals surface area contributed by atoms with Gasteiger partial charge in [0.15, 0.2) is 5.65 Å². The number of imidazole rings is 1. The summed E-state index contributed by atoms with van der Waals surface area (Å²) in [5.41, 5.74) is 5.46. The lowest BCUT2D eigenvalue weighted by atomic mass is 10.2. The zero-order valence-corrected chi connectivity index (χ0v) is 16.0. The molecule has 2 aliphatic rings. The molecule has 0 unspecified atom stereocenters. The number of nitrogens with zero attached hydrogens (tertiary/aromatic N) is 3. The average molecular weight is 372 g/mol. The molecule has 0 radical (unpaired) electrons. The topological polar surface area (TPSA) is 42.2 Å². The predicted molar refractivity (Wildman–Crippen MR) is 113 cm³/mol. The summed E-state index contributed by atoms with van der Waals surface area (Å²) in [5, 5.41) is 5.49. The number of benzene rings is 1. The summed E-state index contributed by atoms with van der Waals surface area (Å²) >= 11 is 1.62. The summed E-state index contributed by atoms with van der Waals surface area (Å²) in [6.45, 7) is 3.09. The summed E-state index contributed by atoms with van der Waals surface area (Å²) in [6.07, 6.45) is 13.3. The van der Waals surface area contributed by atoms with Crippen molar-refractivity contribution in [1.29, 1.82) is 0 Å². The van der Waals surface area contributed by atoms with Gasteiger partial charge in [-0.25, -0.2) is 4.98 Å². The number of nitrogens with one attached hydrogen (secondary N) is 1. The van der Waals surface area contributed by atoms with Gasteiger partial charge in [-0.1, -0.05) is 37.5 Å². The first-order chi connectivity index (χ1) is 13.3. The second-order valence-electron chi connectivity index (χ2n) is 6.28. The molecule has 0 amide bonds. The number of anilines is 1. The highest BCUT2D eigenvalue weighted by Gasteiger charge is 2.17. The number of terminal acetylenes is 1. The molecule has 5 heteroatoms. The van der Waals surface area contributed by atoms with Crippen LogP contribution in [0.25, 0.3) is 27.3 Å². The number of fused-ring (bicyclic) bond motifs is 2. The molecule has 3 aromatic rings. The Morgan fingerprint density at radius 1 is 1.26 bits per heavy atom. The molecule has 3 heterocycles. The molecule has 0 fully saturated rings. The van der Waals surface area contributed by atoms with Crippen LogP contribution in [-0.4, -0.2) is 20.9 Å². The van der Waals surface area contributed by atoms with Gasteiger partial charge in [-0.3, -0.25) is 9.38 Å². The van der Waals surface area contributed by atoms with Crippen molar-refractivity contribution >= 4 is 22.8 Å². The Morgan fingerprint density at radius 3 is 2.78 bits per heavy atom. The summed E-state index contributed by atoms with van der Waals surface area (Å²) in [4.78, 5) is 9.86. The largest absolute Gasteiger partial charge is 0.369 e. The molecule has 4 nitrogen and oxygen atoms in total. The first-order valence-electron chi connectivity index (χ1n) is 9.02. The Kier molecular flexibility index (Phi) is 4.91. The number of rotatable bonds is 5. The second kappa shape index (κ2) is 7.65. The highest BCUT2D eigenvalue weighted by Crippen LogP contribution is 2.34. The Balaban J connectivity index is 0.000000250. The quantitative estimate of drug-likeness (QED) is 0.335. The lowest BCUT2D eigenvalue weighted by molar-refractivity contribution is 0.830. The van der Waals surface area contributed by atoms with Crippen LogP contribution in [-0.2, 0) is 0 Å². The van der Waals surface area contributed by atoms with Crippen molar-refractivity contribution in [2.24, 2.45) is 0 Å². The average Bonchev–Trinajstić information content (AvgIpc) is 3.10. The van der Waals surface area contributed by atoms with Gasteiger partial charge >= 0.3 is 0 Å². The smallest absolute Gasteiger partial charge is 0.157 e. The minimum atomic E-state index is 0.822. The standard InChI is InChI=1S/C16H16N4S.C6H4/c1-3-5-7-18-16-14(15-12(4-2)6-10-21-15)19-13-11-17-8-9-20(13)16;1-2-5-4-6(5)3-1/h2,6,8-11,18H,3,5,7H2,1H3;1-4H. The number of hydrogen-bond donors (Lipinski definition) is 1. The fraction of sp³-hybridized carbons (Fsp3) is 0.182. The van der Waals surface area contributed by atoms with Gasteiger partial charge in [-0.15, -0.1) is 17.8 Å². The van der Waals surface area contributed by atoms with E-state index in [1.165, 1.54) is 11.1 Å². The molecular formula is C22H20N4S. The van der Waals surface area contributed by atoms with E-state index < -0.39 is 0 Å². The minimum absolute atomic E-state index is 0.822. The Hall–Kier alpha value is -3.10. The van der Waals surface area contributed by atoms with Crippen LogP contribution in [0.4, 0.5) is 5.82 Å². The Bertz CT molecular complexity index is 1100. The van der Waals surface area contributed by atoms with Crippen molar-refractivity contribution in [2.75, 3.05) is 11.9 Å². The van der Waals surface area contributed by atoms with E-state index in [4.69, 9.17) is 11.4 Å². The van der Waals surface area contributed by atoms with Gasteiger partial charge in [-0.05, 0) is 35.1 Å².